The molecule has 3 rings (SSSR count). The average molecular weight is 394 g/mol. The van der Waals surface area contributed by atoms with Crippen LogP contribution in [0.5, 0.6) is 0 Å². The van der Waals surface area contributed by atoms with E-state index in [1.165, 1.54) is 21.6 Å². The number of hydrogen-bond donors (Lipinski definition) is 0. The first kappa shape index (κ1) is 21.2. The van der Waals surface area contributed by atoms with Crippen molar-refractivity contribution in [3.63, 3.8) is 0 Å². The van der Waals surface area contributed by atoms with E-state index in [9.17, 15) is 0 Å². The van der Waals surface area contributed by atoms with Gasteiger partial charge in [-0.05, 0) is 76.0 Å². The van der Waals surface area contributed by atoms with Crippen LogP contribution in [-0.4, -0.2) is 24.6 Å². The molecule has 148 valence electrons. The molecule has 2 nitrogen and oxygen atoms in total. The molecular formula is C24H31BO2S. The van der Waals surface area contributed by atoms with Gasteiger partial charge in [-0.3, -0.25) is 0 Å². The van der Waals surface area contributed by atoms with Crippen LogP contribution < -0.4 is 0 Å². The van der Waals surface area contributed by atoms with Crippen molar-refractivity contribution in [2.24, 2.45) is 0 Å². The van der Waals surface area contributed by atoms with Crippen LogP contribution in [0.25, 0.3) is 5.57 Å². The van der Waals surface area contributed by atoms with Crippen LogP contribution in [0.3, 0.4) is 0 Å². The molecule has 2 aromatic carbocycles. The van der Waals surface area contributed by atoms with Gasteiger partial charge >= 0.3 is 7.12 Å². The lowest BCUT2D eigenvalue weighted by molar-refractivity contribution is 0.00578. The Morgan fingerprint density at radius 2 is 1.54 bits per heavy atom. The zero-order valence-corrected chi connectivity index (χ0v) is 18.7. The normalized spacial score (nSPS) is 19.6. The second-order valence-corrected chi connectivity index (χ2v) is 9.40. The van der Waals surface area contributed by atoms with E-state index < -0.39 is 0 Å². The summed E-state index contributed by atoms with van der Waals surface area (Å²) in [6.45, 7) is 10.6. The summed E-state index contributed by atoms with van der Waals surface area (Å²) in [5, 5.41) is 0. The number of rotatable bonds is 6. The van der Waals surface area contributed by atoms with E-state index in [2.05, 4.69) is 102 Å². The molecule has 0 aromatic heterocycles. The standard InChI is InChI=1S/C24H31BO2S/c1-18(19-12-14-22(28-6)15-13-19)16-21(20-10-8-7-9-11-20)17-25-26-23(2,3)24(4,5)27-25/h7-16,21H,17H2,1-6H3/b18-16+. The quantitative estimate of drug-likeness (QED) is 0.402. The molecule has 28 heavy (non-hydrogen) atoms. The van der Waals surface area contributed by atoms with Crippen molar-refractivity contribution in [1.82, 2.24) is 0 Å². The second-order valence-electron chi connectivity index (χ2n) is 8.52. The molecule has 0 spiro atoms. The first-order chi connectivity index (χ1) is 13.2. The molecule has 1 fully saturated rings. The van der Waals surface area contributed by atoms with Gasteiger partial charge in [0.05, 0.1) is 11.2 Å². The molecule has 0 N–H and O–H groups in total. The maximum Gasteiger partial charge on any atom is 0.458 e. The summed E-state index contributed by atoms with van der Waals surface area (Å²) >= 11 is 1.77. The molecule has 1 aliphatic heterocycles. The van der Waals surface area contributed by atoms with Crippen LogP contribution >= 0.6 is 11.8 Å². The van der Waals surface area contributed by atoms with E-state index in [1.54, 1.807) is 11.8 Å². The van der Waals surface area contributed by atoms with Crippen LogP contribution in [0.2, 0.25) is 6.32 Å². The highest BCUT2D eigenvalue weighted by Gasteiger charge is 2.51. The predicted molar refractivity (Wildman–Crippen MR) is 122 cm³/mol. The Bertz CT molecular complexity index is 796. The Morgan fingerprint density at radius 1 is 0.964 bits per heavy atom. The SMILES string of the molecule is CSc1ccc(/C(C)=C/C(CB2OC(C)(C)C(C)(C)O2)c2ccccc2)cc1. The van der Waals surface area contributed by atoms with Crippen molar-refractivity contribution >= 4 is 24.5 Å². The van der Waals surface area contributed by atoms with Gasteiger partial charge in [-0.1, -0.05) is 48.5 Å². The molecule has 0 amide bonds. The lowest BCUT2D eigenvalue weighted by atomic mass is 9.74. The zero-order chi connectivity index (χ0) is 20.4. The zero-order valence-electron chi connectivity index (χ0n) is 17.9. The first-order valence-corrected chi connectivity index (χ1v) is 11.2. The van der Waals surface area contributed by atoms with Gasteiger partial charge in [0.1, 0.15) is 0 Å². The van der Waals surface area contributed by atoms with Crippen LogP contribution in [0.1, 0.15) is 51.7 Å². The molecule has 1 heterocycles. The first-order valence-electron chi connectivity index (χ1n) is 9.95. The third kappa shape index (κ3) is 4.73. The van der Waals surface area contributed by atoms with Crippen molar-refractivity contribution < 1.29 is 9.31 Å². The maximum atomic E-state index is 6.28. The monoisotopic (exact) mass is 394 g/mol. The molecule has 0 aliphatic carbocycles. The van der Waals surface area contributed by atoms with E-state index in [0.29, 0.717) is 0 Å². The van der Waals surface area contributed by atoms with Gasteiger partial charge in [0.25, 0.3) is 0 Å². The van der Waals surface area contributed by atoms with Gasteiger partial charge < -0.3 is 9.31 Å². The number of allylic oxidation sites excluding steroid dienone is 2. The van der Waals surface area contributed by atoms with Crippen LogP contribution in [0.4, 0.5) is 0 Å². The molecule has 1 aliphatic rings. The van der Waals surface area contributed by atoms with E-state index in [-0.39, 0.29) is 24.2 Å². The van der Waals surface area contributed by atoms with Crippen molar-refractivity contribution in [2.45, 2.75) is 63.0 Å². The Hall–Kier alpha value is -1.49. The van der Waals surface area contributed by atoms with Gasteiger partial charge in [-0.2, -0.15) is 0 Å². The highest BCUT2D eigenvalue weighted by atomic mass is 32.2. The Morgan fingerprint density at radius 3 is 2.07 bits per heavy atom. The van der Waals surface area contributed by atoms with E-state index in [0.717, 1.165) is 6.32 Å². The van der Waals surface area contributed by atoms with Crippen LogP contribution in [-0.2, 0) is 9.31 Å². The fourth-order valence-corrected chi connectivity index (χ4v) is 3.93. The van der Waals surface area contributed by atoms with Crippen molar-refractivity contribution in [2.75, 3.05) is 6.26 Å². The average Bonchev–Trinajstić information content (AvgIpc) is 2.88. The minimum absolute atomic E-state index is 0.210. The summed E-state index contributed by atoms with van der Waals surface area (Å²) < 4.78 is 12.6. The minimum atomic E-state index is -0.300. The van der Waals surface area contributed by atoms with E-state index >= 15 is 0 Å². The van der Waals surface area contributed by atoms with E-state index in [1.807, 2.05) is 0 Å². The summed E-state index contributed by atoms with van der Waals surface area (Å²) in [5.41, 5.74) is 3.22. The maximum absolute atomic E-state index is 6.28. The topological polar surface area (TPSA) is 18.5 Å². The number of thioether (sulfide) groups is 1. The fourth-order valence-electron chi connectivity index (χ4n) is 3.52. The fraction of sp³-hybridized carbons (Fsp3) is 0.417. The highest BCUT2D eigenvalue weighted by molar-refractivity contribution is 7.98. The number of hydrogen-bond acceptors (Lipinski definition) is 3. The molecule has 0 saturated carbocycles. The van der Waals surface area contributed by atoms with Crippen molar-refractivity contribution in [3.05, 3.63) is 71.8 Å². The van der Waals surface area contributed by atoms with Gasteiger partial charge in [0.15, 0.2) is 0 Å². The summed E-state index contributed by atoms with van der Waals surface area (Å²) in [4.78, 5) is 1.29. The smallest absolute Gasteiger partial charge is 0.403 e. The van der Waals surface area contributed by atoms with Gasteiger partial charge in [0.2, 0.25) is 0 Å². The second kappa shape index (κ2) is 8.48. The molecule has 2 aromatic rings. The third-order valence-electron chi connectivity index (χ3n) is 5.97. The molecule has 1 atom stereocenters. The predicted octanol–water partition coefficient (Wildman–Crippen LogP) is 6.69. The summed E-state index contributed by atoms with van der Waals surface area (Å²) in [7, 11) is -0.210. The van der Waals surface area contributed by atoms with E-state index in [4.69, 9.17) is 9.31 Å². The summed E-state index contributed by atoms with van der Waals surface area (Å²) in [5.74, 6) is 0.233. The molecule has 1 unspecified atom stereocenters. The minimum Gasteiger partial charge on any atom is -0.403 e. The molecule has 0 bridgehead atoms. The van der Waals surface area contributed by atoms with Gasteiger partial charge in [-0.15, -0.1) is 11.8 Å². The molecule has 4 heteroatoms. The van der Waals surface area contributed by atoms with Gasteiger partial charge in [0, 0.05) is 10.8 Å². The summed E-state index contributed by atoms with van der Waals surface area (Å²) in [6, 6.07) is 19.4. The Balaban J connectivity index is 1.85. The number of benzene rings is 2. The van der Waals surface area contributed by atoms with Gasteiger partial charge in [-0.25, -0.2) is 0 Å². The van der Waals surface area contributed by atoms with Crippen LogP contribution in [0.15, 0.2) is 65.6 Å². The van der Waals surface area contributed by atoms with Crippen molar-refractivity contribution in [3.8, 4) is 0 Å². The Kier molecular flexibility index (Phi) is 6.43. The molecule has 0 radical (unpaired) electrons. The molecular weight excluding hydrogens is 363 g/mol. The third-order valence-corrected chi connectivity index (χ3v) is 6.72. The highest BCUT2D eigenvalue weighted by Crippen LogP contribution is 2.40. The van der Waals surface area contributed by atoms with Crippen LogP contribution in [0, 0.1) is 0 Å². The lowest BCUT2D eigenvalue weighted by Crippen LogP contribution is -2.41. The Labute approximate surface area is 174 Å². The van der Waals surface area contributed by atoms with Crippen molar-refractivity contribution in [1.29, 1.82) is 0 Å². The largest absolute Gasteiger partial charge is 0.458 e. The molecule has 1 saturated heterocycles. The lowest BCUT2D eigenvalue weighted by Gasteiger charge is -2.32. The summed E-state index contributed by atoms with van der Waals surface area (Å²) in [6.07, 6.45) is 5.26.